The van der Waals surface area contributed by atoms with Gasteiger partial charge in [-0.2, -0.15) is 0 Å². The van der Waals surface area contributed by atoms with Gasteiger partial charge in [0.15, 0.2) is 0 Å². The number of aliphatic hydroxyl groups excluding tert-OH is 1. The number of methoxy groups -OCH3 is 2. The molecule has 1 amide bonds. The van der Waals surface area contributed by atoms with Crippen LogP contribution in [0.4, 0.5) is 0 Å². The van der Waals surface area contributed by atoms with Gasteiger partial charge in [-0.25, -0.2) is 0 Å². The molecule has 1 heterocycles. The van der Waals surface area contributed by atoms with Crippen molar-refractivity contribution in [2.45, 2.75) is 45.8 Å². The Kier molecular flexibility index (Phi) is 8.46. The molecule has 1 N–H and O–H groups in total. The molecular weight excluding hydrogens is 470 g/mol. The summed E-state index contributed by atoms with van der Waals surface area (Å²) in [6.45, 7) is 8.42. The second-order valence-electron chi connectivity index (χ2n) is 8.92. The summed E-state index contributed by atoms with van der Waals surface area (Å²) in [6.07, 6.45) is -0.0266. The van der Waals surface area contributed by atoms with E-state index in [0.29, 0.717) is 17.2 Å². The largest absolute Gasteiger partial charge is 0.507 e. The zero-order chi connectivity index (χ0) is 25.9. The number of ketones is 1. The number of likely N-dealkylation sites (tertiary alicyclic amines) is 1. The number of aliphatic hydroxyl groups is 1. The number of hydrogen-bond donors (Lipinski definition) is 1. The summed E-state index contributed by atoms with van der Waals surface area (Å²) in [5, 5.41) is 11.6. The molecule has 7 nitrogen and oxygen atoms in total. The highest BCUT2D eigenvalue weighted by atomic mass is 35.5. The number of benzene rings is 2. The van der Waals surface area contributed by atoms with E-state index in [4.69, 9.17) is 25.8 Å². The first-order chi connectivity index (χ1) is 16.6. The highest BCUT2D eigenvalue weighted by Gasteiger charge is 2.46. The van der Waals surface area contributed by atoms with Gasteiger partial charge < -0.3 is 24.2 Å². The Bertz CT molecular complexity index is 1120. The van der Waals surface area contributed by atoms with Gasteiger partial charge in [0, 0.05) is 12.6 Å². The van der Waals surface area contributed by atoms with Crippen molar-refractivity contribution in [2.24, 2.45) is 0 Å². The summed E-state index contributed by atoms with van der Waals surface area (Å²) in [6, 6.07) is 9.89. The molecular formula is C27H32ClNO6. The molecule has 2 aromatic carbocycles. The maximum Gasteiger partial charge on any atom is 0.295 e. The average Bonchev–Trinajstić information content (AvgIpc) is 3.08. The Morgan fingerprint density at radius 1 is 1.03 bits per heavy atom. The number of carbonyl (C=O) groups excluding carboxylic acids is 2. The number of halogens is 1. The van der Waals surface area contributed by atoms with Crippen molar-refractivity contribution in [2.75, 3.05) is 27.4 Å². The molecule has 0 saturated carbocycles. The molecule has 1 unspecified atom stereocenters. The fourth-order valence-corrected chi connectivity index (χ4v) is 4.34. The van der Waals surface area contributed by atoms with Gasteiger partial charge in [0.05, 0.1) is 49.1 Å². The molecule has 0 aliphatic carbocycles. The van der Waals surface area contributed by atoms with E-state index in [9.17, 15) is 14.7 Å². The Hall–Kier alpha value is -3.03. The van der Waals surface area contributed by atoms with Crippen molar-refractivity contribution in [3.05, 3.63) is 63.7 Å². The maximum atomic E-state index is 13.2. The summed E-state index contributed by atoms with van der Waals surface area (Å²) in [5.74, 6) is -0.913. The molecule has 0 radical (unpaired) electrons. The minimum Gasteiger partial charge on any atom is -0.507 e. The average molecular weight is 502 g/mol. The Labute approximate surface area is 211 Å². The van der Waals surface area contributed by atoms with Crippen LogP contribution in [-0.2, 0) is 14.3 Å². The van der Waals surface area contributed by atoms with Crippen LogP contribution in [0.3, 0.4) is 0 Å². The molecule has 3 rings (SSSR count). The molecule has 0 aromatic heterocycles. The highest BCUT2D eigenvalue weighted by molar-refractivity contribution is 6.46. The van der Waals surface area contributed by atoms with Crippen molar-refractivity contribution in [3.63, 3.8) is 0 Å². The van der Waals surface area contributed by atoms with Crippen LogP contribution < -0.4 is 9.47 Å². The van der Waals surface area contributed by atoms with Crippen molar-refractivity contribution in [1.29, 1.82) is 0 Å². The predicted octanol–water partition coefficient (Wildman–Crippen LogP) is 5.33. The molecule has 188 valence electrons. The number of rotatable bonds is 9. The lowest BCUT2D eigenvalue weighted by atomic mass is 9.93. The third-order valence-electron chi connectivity index (χ3n) is 5.97. The quantitative estimate of drug-likeness (QED) is 0.284. The van der Waals surface area contributed by atoms with Crippen LogP contribution in [0.2, 0.25) is 5.02 Å². The second-order valence-corrected chi connectivity index (χ2v) is 9.33. The Balaban J connectivity index is 2.18. The predicted molar refractivity (Wildman–Crippen MR) is 135 cm³/mol. The number of ether oxygens (including phenoxy) is 3. The molecule has 0 spiro atoms. The maximum absolute atomic E-state index is 13.2. The van der Waals surface area contributed by atoms with Crippen molar-refractivity contribution < 1.29 is 28.9 Å². The Morgan fingerprint density at radius 3 is 2.20 bits per heavy atom. The van der Waals surface area contributed by atoms with Crippen molar-refractivity contribution in [3.8, 4) is 11.5 Å². The minimum atomic E-state index is -0.794. The third-order valence-corrected chi connectivity index (χ3v) is 6.27. The van der Waals surface area contributed by atoms with Gasteiger partial charge in [-0.1, -0.05) is 49.7 Å². The van der Waals surface area contributed by atoms with E-state index in [1.165, 1.54) is 31.3 Å². The molecule has 2 aromatic rings. The summed E-state index contributed by atoms with van der Waals surface area (Å²) in [5.41, 5.74) is 1.99. The molecule has 8 heteroatoms. The molecule has 35 heavy (non-hydrogen) atoms. The monoisotopic (exact) mass is 501 g/mol. The summed E-state index contributed by atoms with van der Waals surface area (Å²) >= 11 is 6.31. The lowest BCUT2D eigenvalue weighted by molar-refractivity contribution is -0.140. The number of Topliss-reactive ketones (excluding diaryl/α,β-unsaturated/α-hetero) is 1. The van der Waals surface area contributed by atoms with Crippen molar-refractivity contribution in [1.82, 2.24) is 4.90 Å². The van der Waals surface area contributed by atoms with Crippen LogP contribution in [0.25, 0.3) is 5.76 Å². The van der Waals surface area contributed by atoms with Gasteiger partial charge in [0.25, 0.3) is 11.7 Å². The third kappa shape index (κ3) is 5.46. The lowest BCUT2D eigenvalue weighted by Crippen LogP contribution is -2.33. The number of hydrogen-bond acceptors (Lipinski definition) is 6. The fraction of sp³-hybridized carbons (Fsp3) is 0.407. The molecule has 1 saturated heterocycles. The Morgan fingerprint density at radius 2 is 1.66 bits per heavy atom. The first-order valence-electron chi connectivity index (χ1n) is 11.5. The van der Waals surface area contributed by atoms with Crippen molar-refractivity contribution >= 4 is 29.1 Å². The van der Waals surface area contributed by atoms with Crippen LogP contribution in [0.15, 0.2) is 42.0 Å². The summed E-state index contributed by atoms with van der Waals surface area (Å²) in [4.78, 5) is 27.8. The summed E-state index contributed by atoms with van der Waals surface area (Å²) in [7, 11) is 2.90. The van der Waals surface area contributed by atoms with Gasteiger partial charge in [0.1, 0.15) is 17.3 Å². The highest BCUT2D eigenvalue weighted by Crippen LogP contribution is 2.43. The number of amides is 1. The zero-order valence-corrected chi connectivity index (χ0v) is 21.7. The fourth-order valence-electron chi connectivity index (χ4n) is 4.10. The van der Waals surface area contributed by atoms with E-state index in [1.54, 1.807) is 0 Å². The lowest BCUT2D eigenvalue weighted by Gasteiger charge is -2.26. The van der Waals surface area contributed by atoms with Gasteiger partial charge in [-0.15, -0.1) is 0 Å². The molecule has 0 bridgehead atoms. The normalized spacial score (nSPS) is 17.5. The SMILES string of the molecule is COc1cc(OC)c(/C(O)=C2\C(=O)C(=O)N(CCOC(C)C)C2c2ccc(C(C)C)cc2)cc1Cl. The second kappa shape index (κ2) is 11.1. The molecule has 1 fully saturated rings. The first-order valence-corrected chi connectivity index (χ1v) is 11.9. The van der Waals surface area contributed by atoms with E-state index in [2.05, 4.69) is 13.8 Å². The van der Waals surface area contributed by atoms with Crippen LogP contribution >= 0.6 is 11.6 Å². The van der Waals surface area contributed by atoms with Crippen LogP contribution in [0.1, 0.15) is 56.3 Å². The number of carbonyl (C=O) groups is 2. The minimum absolute atomic E-state index is 0.0266. The molecule has 1 aliphatic rings. The van der Waals surface area contributed by atoms with E-state index in [0.717, 1.165) is 5.56 Å². The van der Waals surface area contributed by atoms with E-state index < -0.39 is 17.7 Å². The van der Waals surface area contributed by atoms with Gasteiger partial charge in [0.2, 0.25) is 0 Å². The van der Waals surface area contributed by atoms with E-state index in [1.807, 2.05) is 38.1 Å². The topological polar surface area (TPSA) is 85.3 Å². The van der Waals surface area contributed by atoms with E-state index in [-0.39, 0.29) is 46.9 Å². The van der Waals surface area contributed by atoms with Gasteiger partial charge in [-0.05, 0) is 37.0 Å². The molecule has 1 atom stereocenters. The van der Waals surface area contributed by atoms with Gasteiger partial charge in [-0.3, -0.25) is 9.59 Å². The van der Waals surface area contributed by atoms with Gasteiger partial charge >= 0.3 is 0 Å². The zero-order valence-electron chi connectivity index (χ0n) is 20.9. The number of nitrogens with zero attached hydrogens (tertiary/aromatic N) is 1. The first kappa shape index (κ1) is 26.6. The smallest absolute Gasteiger partial charge is 0.295 e. The van der Waals surface area contributed by atoms with Crippen LogP contribution in [0.5, 0.6) is 11.5 Å². The standard InChI is InChI=1S/C27H32ClNO6/c1-15(2)17-7-9-18(10-8-17)24-23(26(31)27(32)29(24)11-12-35-16(3)4)25(30)19-13-20(28)22(34-6)14-21(19)33-5/h7-10,13-16,24,30H,11-12H2,1-6H3/b25-23+. The molecule has 1 aliphatic heterocycles. The van der Waals surface area contributed by atoms with Crippen LogP contribution in [0, 0.1) is 0 Å². The van der Waals surface area contributed by atoms with E-state index >= 15 is 0 Å². The summed E-state index contributed by atoms with van der Waals surface area (Å²) < 4.78 is 16.3. The van der Waals surface area contributed by atoms with Crippen LogP contribution in [-0.4, -0.2) is 55.2 Å².